The number of ether oxygens (including phenoxy) is 2. The van der Waals surface area contributed by atoms with Crippen LogP contribution in [-0.2, 0) is 4.79 Å². The molecule has 3 aromatic rings. The number of hydrogen-bond acceptors (Lipinski definition) is 7. The van der Waals surface area contributed by atoms with Crippen molar-refractivity contribution in [1.82, 2.24) is 0 Å². The maximum absolute atomic E-state index is 12.6. The number of hydrogen-bond donors (Lipinski definition) is 3. The Morgan fingerprint density at radius 1 is 0.805 bits per heavy atom. The van der Waals surface area contributed by atoms with Crippen molar-refractivity contribution in [2.75, 3.05) is 55.5 Å². The molecule has 0 saturated carbocycles. The summed E-state index contributed by atoms with van der Waals surface area (Å²) in [6, 6.07) is 19.6. The number of amides is 1. The lowest BCUT2D eigenvalue weighted by molar-refractivity contribution is -0.192. The first-order chi connectivity index (χ1) is 19.4. The minimum Gasteiger partial charge on any atom is -0.497 e. The fourth-order valence-corrected chi connectivity index (χ4v) is 4.09. The Morgan fingerprint density at radius 3 is 1.88 bits per heavy atom. The van der Waals surface area contributed by atoms with Gasteiger partial charge in [-0.1, -0.05) is 12.1 Å². The third kappa shape index (κ3) is 8.03. The van der Waals surface area contributed by atoms with Crippen molar-refractivity contribution in [2.45, 2.75) is 6.18 Å². The van der Waals surface area contributed by atoms with Gasteiger partial charge < -0.3 is 34.8 Å². The Morgan fingerprint density at radius 2 is 1.37 bits per heavy atom. The maximum atomic E-state index is 12.6. The van der Waals surface area contributed by atoms with Crippen molar-refractivity contribution in [3.8, 4) is 11.5 Å². The van der Waals surface area contributed by atoms with Crippen LogP contribution in [-0.4, -0.2) is 74.6 Å². The van der Waals surface area contributed by atoms with Crippen LogP contribution in [0.2, 0.25) is 0 Å². The molecule has 1 heterocycles. The summed E-state index contributed by atoms with van der Waals surface area (Å²) in [4.78, 5) is 37.8. The summed E-state index contributed by atoms with van der Waals surface area (Å²) < 4.78 is 42.3. The summed E-state index contributed by atoms with van der Waals surface area (Å²) >= 11 is 0. The number of halogens is 3. The van der Waals surface area contributed by atoms with Gasteiger partial charge in [0.05, 0.1) is 31.2 Å². The molecule has 0 aromatic heterocycles. The fraction of sp³-hybridized carbons (Fsp3) is 0.250. The molecule has 1 amide bonds. The van der Waals surface area contributed by atoms with Gasteiger partial charge in [0.2, 0.25) is 0 Å². The zero-order chi connectivity index (χ0) is 30.2. The van der Waals surface area contributed by atoms with Gasteiger partial charge in [-0.15, -0.1) is 0 Å². The number of methoxy groups -OCH3 is 2. The van der Waals surface area contributed by atoms with E-state index in [1.54, 1.807) is 50.6 Å². The van der Waals surface area contributed by atoms with Gasteiger partial charge in [-0.25, -0.2) is 9.59 Å². The number of carbonyl (C=O) groups excluding carboxylic acids is 1. The smallest absolute Gasteiger partial charge is 0.490 e. The lowest BCUT2D eigenvalue weighted by Gasteiger charge is -2.38. The van der Waals surface area contributed by atoms with Crippen LogP contribution in [0.5, 0.6) is 11.5 Å². The molecule has 0 unspecified atom stereocenters. The van der Waals surface area contributed by atoms with Gasteiger partial charge in [-0.3, -0.25) is 4.79 Å². The van der Waals surface area contributed by atoms with Crippen molar-refractivity contribution in [2.24, 2.45) is 0 Å². The minimum absolute atomic E-state index is 0.151. The van der Waals surface area contributed by atoms with Crippen LogP contribution in [0.1, 0.15) is 20.7 Å². The third-order valence-corrected chi connectivity index (χ3v) is 6.13. The molecule has 0 bridgehead atoms. The molecule has 0 spiro atoms. The number of para-hydroxylation sites is 2. The van der Waals surface area contributed by atoms with E-state index in [4.69, 9.17) is 19.4 Å². The van der Waals surface area contributed by atoms with E-state index in [2.05, 4.69) is 15.1 Å². The summed E-state index contributed by atoms with van der Waals surface area (Å²) in [5.41, 5.74) is 2.69. The fourth-order valence-electron chi connectivity index (χ4n) is 4.09. The third-order valence-electron chi connectivity index (χ3n) is 6.13. The Labute approximate surface area is 233 Å². The molecule has 3 aromatic carbocycles. The highest BCUT2D eigenvalue weighted by Crippen LogP contribution is 2.31. The zero-order valence-electron chi connectivity index (χ0n) is 22.1. The van der Waals surface area contributed by atoms with Gasteiger partial charge in [-0.2, -0.15) is 13.2 Å². The van der Waals surface area contributed by atoms with Crippen LogP contribution in [0.25, 0.3) is 0 Å². The predicted molar refractivity (Wildman–Crippen MR) is 145 cm³/mol. The summed E-state index contributed by atoms with van der Waals surface area (Å²) in [6.45, 7) is 2.79. The van der Waals surface area contributed by atoms with Crippen LogP contribution >= 0.6 is 0 Å². The van der Waals surface area contributed by atoms with Crippen molar-refractivity contribution in [3.63, 3.8) is 0 Å². The number of piperazine rings is 1. The van der Waals surface area contributed by atoms with Gasteiger partial charge in [0, 0.05) is 37.4 Å². The predicted octanol–water partition coefficient (Wildman–Crippen LogP) is 4.61. The number of anilines is 3. The highest BCUT2D eigenvalue weighted by Gasteiger charge is 2.38. The number of aromatic carboxylic acids is 1. The van der Waals surface area contributed by atoms with Crippen molar-refractivity contribution >= 4 is 34.9 Å². The van der Waals surface area contributed by atoms with Crippen molar-refractivity contribution < 1.29 is 47.2 Å². The molecule has 1 fully saturated rings. The quantitative estimate of drug-likeness (QED) is 0.370. The standard InChI is InChI=1S/C26H27N3O5.C2HF3O2/c1-33-20-10-7-18(8-11-20)25(30)27-19-9-12-22(21(17-19)26(31)32)28-13-15-29(16-14-28)23-5-3-4-6-24(23)34-2;3-2(4,5)1(6)7/h3-12,17H,13-16H2,1-2H3,(H,27,30)(H,31,32);(H,6,7). The number of rotatable bonds is 7. The lowest BCUT2D eigenvalue weighted by atomic mass is 10.1. The molecule has 1 aliphatic rings. The second kappa shape index (κ2) is 13.4. The number of benzene rings is 3. The van der Waals surface area contributed by atoms with Gasteiger partial charge >= 0.3 is 18.1 Å². The molecule has 13 heteroatoms. The number of aliphatic carboxylic acids is 1. The average Bonchev–Trinajstić information content (AvgIpc) is 2.97. The molecule has 218 valence electrons. The molecule has 4 rings (SSSR count). The summed E-state index contributed by atoms with van der Waals surface area (Å²) in [7, 11) is 3.21. The van der Waals surface area contributed by atoms with Gasteiger partial charge in [-0.05, 0) is 54.6 Å². The van der Waals surface area contributed by atoms with E-state index in [1.807, 2.05) is 24.3 Å². The summed E-state index contributed by atoms with van der Waals surface area (Å²) in [6.07, 6.45) is -5.08. The van der Waals surface area contributed by atoms with Gasteiger partial charge in [0.1, 0.15) is 11.5 Å². The number of alkyl halides is 3. The molecule has 3 N–H and O–H groups in total. The average molecular weight is 576 g/mol. The molecule has 41 heavy (non-hydrogen) atoms. The Balaban J connectivity index is 0.000000587. The molecule has 10 nitrogen and oxygen atoms in total. The molecule has 1 aliphatic heterocycles. The van der Waals surface area contributed by atoms with E-state index < -0.39 is 18.1 Å². The van der Waals surface area contributed by atoms with Gasteiger partial charge in [0.25, 0.3) is 5.91 Å². The molecule has 0 aliphatic carbocycles. The first-order valence-corrected chi connectivity index (χ1v) is 12.2. The van der Waals surface area contributed by atoms with E-state index >= 15 is 0 Å². The summed E-state index contributed by atoms with van der Waals surface area (Å²) in [5, 5.41) is 19.8. The topological polar surface area (TPSA) is 129 Å². The Bertz CT molecular complexity index is 1370. The number of nitrogens with zero attached hydrogens (tertiary/aromatic N) is 2. The molecule has 0 atom stereocenters. The van der Waals surface area contributed by atoms with Crippen LogP contribution in [0.15, 0.2) is 66.7 Å². The van der Waals surface area contributed by atoms with E-state index in [9.17, 15) is 27.9 Å². The number of carboxylic acid groups (broad SMARTS) is 2. The molecule has 0 radical (unpaired) electrons. The molecular weight excluding hydrogens is 547 g/mol. The van der Waals surface area contributed by atoms with E-state index in [0.29, 0.717) is 35.8 Å². The number of nitrogens with one attached hydrogen (secondary N) is 1. The van der Waals surface area contributed by atoms with Crippen LogP contribution in [0.3, 0.4) is 0 Å². The van der Waals surface area contributed by atoms with E-state index in [0.717, 1.165) is 24.5 Å². The highest BCUT2D eigenvalue weighted by atomic mass is 19.4. The second-order valence-electron chi connectivity index (χ2n) is 8.67. The van der Waals surface area contributed by atoms with Gasteiger partial charge in [0.15, 0.2) is 0 Å². The van der Waals surface area contributed by atoms with Crippen molar-refractivity contribution in [1.29, 1.82) is 0 Å². The highest BCUT2D eigenvalue weighted by molar-refractivity contribution is 6.05. The normalized spacial score (nSPS) is 13.0. The Kier molecular flexibility index (Phi) is 10.0. The van der Waals surface area contributed by atoms with Crippen LogP contribution < -0.4 is 24.6 Å². The SMILES string of the molecule is COc1ccc(C(=O)Nc2ccc(N3CCN(c4ccccc4OC)CC3)c(C(=O)O)c2)cc1.O=C(O)C(F)(F)F. The summed E-state index contributed by atoms with van der Waals surface area (Å²) in [5.74, 6) is -2.65. The Hall–Kier alpha value is -4.94. The largest absolute Gasteiger partial charge is 0.497 e. The number of carboxylic acids is 2. The zero-order valence-corrected chi connectivity index (χ0v) is 22.1. The van der Waals surface area contributed by atoms with E-state index in [-0.39, 0.29) is 11.5 Å². The lowest BCUT2D eigenvalue weighted by Crippen LogP contribution is -2.47. The first kappa shape index (κ1) is 30.6. The maximum Gasteiger partial charge on any atom is 0.490 e. The van der Waals surface area contributed by atoms with Crippen molar-refractivity contribution in [3.05, 3.63) is 77.9 Å². The van der Waals surface area contributed by atoms with Crippen LogP contribution in [0, 0.1) is 0 Å². The van der Waals surface area contributed by atoms with Crippen LogP contribution in [0.4, 0.5) is 30.2 Å². The second-order valence-corrected chi connectivity index (χ2v) is 8.67. The number of carbonyl (C=O) groups is 3. The van der Waals surface area contributed by atoms with E-state index in [1.165, 1.54) is 6.07 Å². The monoisotopic (exact) mass is 575 g/mol. The minimum atomic E-state index is -5.08. The molecule has 1 saturated heterocycles. The first-order valence-electron chi connectivity index (χ1n) is 12.2. The molecular formula is C28H28F3N3O7.